The number of piperidine rings is 1. The van der Waals surface area contributed by atoms with Crippen molar-refractivity contribution in [1.82, 2.24) is 25.7 Å². The third kappa shape index (κ3) is 6.15. The zero-order chi connectivity index (χ0) is 16.5. The van der Waals surface area contributed by atoms with Crippen LogP contribution in [0.3, 0.4) is 0 Å². The predicted octanol–water partition coefficient (Wildman–Crippen LogP) is 0.544. The summed E-state index contributed by atoms with van der Waals surface area (Å²) in [4.78, 5) is 10.9. The lowest BCUT2D eigenvalue weighted by molar-refractivity contribution is 0.155. The van der Waals surface area contributed by atoms with Crippen LogP contribution in [0.25, 0.3) is 0 Å². The topological polar surface area (TPSA) is 87.8 Å². The highest BCUT2D eigenvalue weighted by atomic mass is 16.5. The van der Waals surface area contributed by atoms with Crippen LogP contribution in [-0.2, 0) is 11.3 Å². The second-order valence-corrected chi connectivity index (χ2v) is 5.76. The van der Waals surface area contributed by atoms with Crippen LogP contribution in [0.2, 0.25) is 0 Å². The largest absolute Gasteiger partial charge is 0.385 e. The molecule has 1 aliphatic heterocycles. The molecule has 0 amide bonds. The number of hydrogen-bond donors (Lipinski definition) is 2. The maximum atomic E-state index is 5.11. The highest BCUT2D eigenvalue weighted by Gasteiger charge is 2.19. The van der Waals surface area contributed by atoms with Crippen LogP contribution in [-0.4, -0.2) is 67.4 Å². The fraction of sp³-hybridized carbons (Fsp3) is 0.800. The predicted molar refractivity (Wildman–Crippen MR) is 88.3 cm³/mol. The van der Waals surface area contributed by atoms with Gasteiger partial charge in [0.1, 0.15) is 0 Å². The first-order valence-corrected chi connectivity index (χ1v) is 8.19. The molecule has 2 N–H and O–H groups in total. The minimum Gasteiger partial charge on any atom is -0.385 e. The number of rotatable bonds is 7. The Kier molecular flexibility index (Phi) is 7.28. The molecule has 8 heteroatoms. The summed E-state index contributed by atoms with van der Waals surface area (Å²) in [5, 5.41) is 10.6. The summed E-state index contributed by atoms with van der Waals surface area (Å²) in [6.07, 6.45) is 3.34. The SMILES string of the molecule is CN=C(NCc1noc(C)n1)NC1CCN(CCCOC)CC1. The smallest absolute Gasteiger partial charge is 0.223 e. The number of hydrogen-bond acceptors (Lipinski definition) is 6. The van der Waals surface area contributed by atoms with Crippen LogP contribution in [0.15, 0.2) is 9.52 Å². The van der Waals surface area contributed by atoms with Crippen molar-refractivity contribution in [3.8, 4) is 0 Å². The molecule has 0 spiro atoms. The molecule has 130 valence electrons. The lowest BCUT2D eigenvalue weighted by atomic mass is 10.1. The van der Waals surface area contributed by atoms with E-state index in [1.165, 1.54) is 0 Å². The number of likely N-dealkylation sites (tertiary alicyclic amines) is 1. The molecule has 1 saturated heterocycles. The number of nitrogens with one attached hydrogen (secondary N) is 2. The Labute approximate surface area is 137 Å². The average Bonchev–Trinajstić information content (AvgIpc) is 2.98. The minimum atomic E-state index is 0.451. The summed E-state index contributed by atoms with van der Waals surface area (Å²) in [5.74, 6) is 1.99. The number of nitrogens with zero attached hydrogens (tertiary/aromatic N) is 4. The molecule has 2 heterocycles. The highest BCUT2D eigenvalue weighted by molar-refractivity contribution is 5.79. The summed E-state index contributed by atoms with van der Waals surface area (Å²) < 4.78 is 10.1. The van der Waals surface area contributed by atoms with Crippen molar-refractivity contribution >= 4 is 5.96 Å². The summed E-state index contributed by atoms with van der Waals surface area (Å²) in [6, 6.07) is 0.451. The third-order valence-electron chi connectivity index (χ3n) is 3.96. The molecule has 0 radical (unpaired) electrons. The Hall–Kier alpha value is -1.67. The summed E-state index contributed by atoms with van der Waals surface area (Å²) >= 11 is 0. The van der Waals surface area contributed by atoms with Crippen molar-refractivity contribution in [3.05, 3.63) is 11.7 Å². The molecule has 0 aromatic carbocycles. The standard InChI is InChI=1S/C15H28N6O2/c1-12-18-14(20-23-12)11-17-15(16-2)19-13-5-8-21(9-6-13)7-4-10-22-3/h13H,4-11H2,1-3H3,(H2,16,17,19). The van der Waals surface area contributed by atoms with E-state index in [1.54, 1.807) is 21.1 Å². The van der Waals surface area contributed by atoms with Crippen molar-refractivity contribution in [1.29, 1.82) is 0 Å². The monoisotopic (exact) mass is 324 g/mol. The van der Waals surface area contributed by atoms with Gasteiger partial charge in [0.05, 0.1) is 6.54 Å². The molecule has 1 aromatic rings. The number of methoxy groups -OCH3 is 1. The molecule has 1 aromatic heterocycles. The first kappa shape index (κ1) is 17.7. The zero-order valence-corrected chi connectivity index (χ0v) is 14.3. The first-order valence-electron chi connectivity index (χ1n) is 8.19. The molecule has 23 heavy (non-hydrogen) atoms. The molecule has 0 bridgehead atoms. The van der Waals surface area contributed by atoms with E-state index in [-0.39, 0.29) is 0 Å². The molecule has 0 unspecified atom stereocenters. The second-order valence-electron chi connectivity index (χ2n) is 5.76. The molecule has 0 atom stereocenters. The quantitative estimate of drug-likeness (QED) is 0.430. The van der Waals surface area contributed by atoms with Gasteiger partial charge in [0.15, 0.2) is 11.8 Å². The molecule has 0 aliphatic carbocycles. The number of aliphatic imine (C=N–C) groups is 1. The van der Waals surface area contributed by atoms with E-state index in [2.05, 4.69) is 30.7 Å². The van der Waals surface area contributed by atoms with Crippen LogP contribution < -0.4 is 10.6 Å². The molecule has 1 aliphatic rings. The van der Waals surface area contributed by atoms with Gasteiger partial charge in [0, 0.05) is 53.4 Å². The van der Waals surface area contributed by atoms with Crippen LogP contribution in [0.4, 0.5) is 0 Å². The van der Waals surface area contributed by atoms with Gasteiger partial charge in [0.25, 0.3) is 0 Å². The maximum absolute atomic E-state index is 5.11. The highest BCUT2D eigenvalue weighted by Crippen LogP contribution is 2.10. The normalized spacial score (nSPS) is 17.4. The van der Waals surface area contributed by atoms with Crippen LogP contribution in [0.1, 0.15) is 31.0 Å². The maximum Gasteiger partial charge on any atom is 0.223 e. The molecule has 2 rings (SSSR count). The van der Waals surface area contributed by atoms with E-state index in [0.717, 1.165) is 51.5 Å². The van der Waals surface area contributed by atoms with E-state index in [0.29, 0.717) is 24.3 Å². The zero-order valence-electron chi connectivity index (χ0n) is 14.3. The average molecular weight is 324 g/mol. The number of guanidine groups is 1. The van der Waals surface area contributed by atoms with E-state index in [4.69, 9.17) is 9.26 Å². The lowest BCUT2D eigenvalue weighted by Crippen LogP contribution is -2.48. The van der Waals surface area contributed by atoms with Crippen LogP contribution in [0, 0.1) is 6.92 Å². The van der Waals surface area contributed by atoms with E-state index < -0.39 is 0 Å². The summed E-state index contributed by atoms with van der Waals surface area (Å²) in [6.45, 7) is 6.47. The molecule has 8 nitrogen and oxygen atoms in total. The number of ether oxygens (including phenoxy) is 1. The van der Waals surface area contributed by atoms with Gasteiger partial charge >= 0.3 is 0 Å². The molecule has 0 saturated carbocycles. The van der Waals surface area contributed by atoms with Gasteiger partial charge in [-0.15, -0.1) is 0 Å². The number of aromatic nitrogens is 2. The lowest BCUT2D eigenvalue weighted by Gasteiger charge is -2.33. The number of aryl methyl sites for hydroxylation is 1. The van der Waals surface area contributed by atoms with Crippen molar-refractivity contribution in [2.75, 3.05) is 40.4 Å². The van der Waals surface area contributed by atoms with Gasteiger partial charge in [-0.2, -0.15) is 4.98 Å². The van der Waals surface area contributed by atoms with Gasteiger partial charge in [0.2, 0.25) is 5.89 Å². The molecular formula is C15H28N6O2. The van der Waals surface area contributed by atoms with Gasteiger partial charge in [-0.25, -0.2) is 0 Å². The molecular weight excluding hydrogens is 296 g/mol. The van der Waals surface area contributed by atoms with E-state index in [1.807, 2.05) is 0 Å². The van der Waals surface area contributed by atoms with E-state index in [9.17, 15) is 0 Å². The van der Waals surface area contributed by atoms with Gasteiger partial charge in [-0.1, -0.05) is 5.16 Å². The Morgan fingerprint density at radius 2 is 2.22 bits per heavy atom. The fourth-order valence-electron chi connectivity index (χ4n) is 2.70. The van der Waals surface area contributed by atoms with Crippen molar-refractivity contribution in [3.63, 3.8) is 0 Å². The fourth-order valence-corrected chi connectivity index (χ4v) is 2.70. The summed E-state index contributed by atoms with van der Waals surface area (Å²) in [7, 11) is 3.53. The van der Waals surface area contributed by atoms with Crippen molar-refractivity contribution in [2.24, 2.45) is 4.99 Å². The van der Waals surface area contributed by atoms with E-state index >= 15 is 0 Å². The van der Waals surface area contributed by atoms with Crippen LogP contribution >= 0.6 is 0 Å². The Balaban J connectivity index is 1.67. The third-order valence-corrected chi connectivity index (χ3v) is 3.96. The van der Waals surface area contributed by atoms with Gasteiger partial charge in [-0.3, -0.25) is 4.99 Å². The Morgan fingerprint density at radius 1 is 1.43 bits per heavy atom. The van der Waals surface area contributed by atoms with Gasteiger partial charge < -0.3 is 24.8 Å². The Morgan fingerprint density at radius 3 is 2.83 bits per heavy atom. The minimum absolute atomic E-state index is 0.451. The first-order chi connectivity index (χ1) is 11.2. The molecule has 1 fully saturated rings. The van der Waals surface area contributed by atoms with Gasteiger partial charge in [-0.05, 0) is 19.3 Å². The van der Waals surface area contributed by atoms with Crippen molar-refractivity contribution < 1.29 is 9.26 Å². The Bertz CT molecular complexity index is 482. The van der Waals surface area contributed by atoms with Crippen LogP contribution in [0.5, 0.6) is 0 Å². The second kappa shape index (κ2) is 9.46. The summed E-state index contributed by atoms with van der Waals surface area (Å²) in [5.41, 5.74) is 0. The van der Waals surface area contributed by atoms with Crippen molar-refractivity contribution in [2.45, 2.75) is 38.8 Å².